The number of nitriles is 1. The van der Waals surface area contributed by atoms with Crippen LogP contribution in [0.5, 0.6) is 5.75 Å². The third-order valence-corrected chi connectivity index (χ3v) is 6.06. The van der Waals surface area contributed by atoms with Gasteiger partial charge in [0.1, 0.15) is 11.8 Å². The fourth-order valence-corrected chi connectivity index (χ4v) is 4.21. The third-order valence-electron chi connectivity index (χ3n) is 5.74. The Kier molecular flexibility index (Phi) is 6.54. The number of aromatic nitrogens is 2. The van der Waals surface area contributed by atoms with Gasteiger partial charge in [0.25, 0.3) is 5.91 Å². The molecule has 1 aliphatic carbocycles. The standard InChI is InChI=1S/C22H24ClN5O3/c23-19-11-18(4-1-14(19)12-24)31-17-5-2-15(3-6-17)25-22(30)20-7-8-21(27-26-20)28-10-9-16(29)13-28/h1,4,7-8,11,15-17,29H,2-3,5-6,9-10,13H2,(H,25,30)/t15?,16-,17?/m0/s1. The van der Waals surface area contributed by atoms with Gasteiger partial charge in [-0.2, -0.15) is 5.26 Å². The van der Waals surface area contributed by atoms with Gasteiger partial charge in [0.2, 0.25) is 0 Å². The lowest BCUT2D eigenvalue weighted by atomic mass is 9.93. The minimum atomic E-state index is -0.335. The molecule has 1 aliphatic heterocycles. The second-order valence-electron chi connectivity index (χ2n) is 7.98. The van der Waals surface area contributed by atoms with Crippen molar-refractivity contribution in [1.82, 2.24) is 15.5 Å². The number of hydrogen-bond acceptors (Lipinski definition) is 7. The van der Waals surface area contributed by atoms with E-state index in [2.05, 4.69) is 15.5 Å². The number of ether oxygens (including phenoxy) is 1. The summed E-state index contributed by atoms with van der Waals surface area (Å²) in [6.45, 7) is 1.28. The predicted octanol–water partition coefficient (Wildman–Crippen LogP) is 2.69. The zero-order valence-electron chi connectivity index (χ0n) is 17.0. The molecule has 2 fully saturated rings. The van der Waals surface area contributed by atoms with Gasteiger partial charge in [-0.1, -0.05) is 11.6 Å². The van der Waals surface area contributed by atoms with Gasteiger partial charge in [-0.15, -0.1) is 10.2 Å². The molecule has 31 heavy (non-hydrogen) atoms. The van der Waals surface area contributed by atoms with Crippen LogP contribution in [0.3, 0.4) is 0 Å². The van der Waals surface area contributed by atoms with Gasteiger partial charge in [-0.25, -0.2) is 0 Å². The number of benzene rings is 1. The largest absolute Gasteiger partial charge is 0.490 e. The Morgan fingerprint density at radius 3 is 2.61 bits per heavy atom. The number of aliphatic hydroxyl groups excluding tert-OH is 1. The van der Waals surface area contributed by atoms with E-state index >= 15 is 0 Å². The number of carbonyl (C=O) groups excluding carboxylic acids is 1. The average molecular weight is 442 g/mol. The molecule has 0 spiro atoms. The summed E-state index contributed by atoms with van der Waals surface area (Å²) in [5.41, 5.74) is 0.712. The summed E-state index contributed by atoms with van der Waals surface area (Å²) in [5.74, 6) is 1.09. The summed E-state index contributed by atoms with van der Waals surface area (Å²) in [4.78, 5) is 14.5. The topological polar surface area (TPSA) is 111 Å². The fourth-order valence-electron chi connectivity index (χ4n) is 4.00. The maximum Gasteiger partial charge on any atom is 0.272 e. The van der Waals surface area contributed by atoms with Crippen molar-refractivity contribution in [3.05, 3.63) is 46.6 Å². The highest BCUT2D eigenvalue weighted by molar-refractivity contribution is 6.31. The molecule has 1 aromatic carbocycles. The lowest BCUT2D eigenvalue weighted by Gasteiger charge is -2.29. The normalized spacial score (nSPS) is 23.3. The molecule has 2 aromatic rings. The quantitative estimate of drug-likeness (QED) is 0.733. The Hall–Kier alpha value is -2.89. The van der Waals surface area contributed by atoms with Crippen molar-refractivity contribution in [1.29, 1.82) is 5.26 Å². The van der Waals surface area contributed by atoms with Crippen LogP contribution in [0.2, 0.25) is 5.02 Å². The third kappa shape index (κ3) is 5.24. The second kappa shape index (κ2) is 9.50. The molecular formula is C22H24ClN5O3. The number of rotatable bonds is 5. The van der Waals surface area contributed by atoms with Gasteiger partial charge >= 0.3 is 0 Å². The molecule has 9 heteroatoms. The molecule has 1 saturated heterocycles. The molecule has 162 valence electrons. The lowest BCUT2D eigenvalue weighted by molar-refractivity contribution is 0.0888. The summed E-state index contributed by atoms with van der Waals surface area (Å²) < 4.78 is 5.99. The van der Waals surface area contributed by atoms with Crippen molar-refractivity contribution in [3.63, 3.8) is 0 Å². The van der Waals surface area contributed by atoms with E-state index in [4.69, 9.17) is 21.6 Å². The first-order valence-electron chi connectivity index (χ1n) is 10.5. The minimum Gasteiger partial charge on any atom is -0.490 e. The fraction of sp³-hybridized carbons (Fsp3) is 0.455. The Balaban J connectivity index is 1.25. The maximum atomic E-state index is 12.5. The smallest absolute Gasteiger partial charge is 0.272 e. The first-order valence-corrected chi connectivity index (χ1v) is 10.8. The highest BCUT2D eigenvalue weighted by Crippen LogP contribution is 2.27. The van der Waals surface area contributed by atoms with Gasteiger partial charge in [-0.3, -0.25) is 4.79 Å². The molecule has 2 N–H and O–H groups in total. The summed E-state index contributed by atoms with van der Waals surface area (Å²) in [7, 11) is 0. The SMILES string of the molecule is N#Cc1ccc(OC2CCC(NC(=O)c3ccc(N4CC[C@H](O)C4)nn3)CC2)cc1Cl. The van der Waals surface area contributed by atoms with Gasteiger partial charge < -0.3 is 20.1 Å². The monoisotopic (exact) mass is 441 g/mol. The van der Waals surface area contributed by atoms with Crippen molar-refractivity contribution in [2.45, 2.75) is 50.4 Å². The van der Waals surface area contributed by atoms with E-state index in [0.717, 1.165) is 32.2 Å². The summed E-state index contributed by atoms with van der Waals surface area (Å²) in [6, 6.07) is 10.6. The molecule has 2 heterocycles. The first kappa shape index (κ1) is 21.3. The minimum absolute atomic E-state index is 0.0482. The predicted molar refractivity (Wildman–Crippen MR) is 115 cm³/mol. The van der Waals surface area contributed by atoms with Crippen LogP contribution in [-0.2, 0) is 0 Å². The average Bonchev–Trinajstić information content (AvgIpc) is 3.22. The van der Waals surface area contributed by atoms with E-state index in [1.54, 1.807) is 30.3 Å². The van der Waals surface area contributed by atoms with Crippen molar-refractivity contribution in [3.8, 4) is 11.8 Å². The highest BCUT2D eigenvalue weighted by Gasteiger charge is 2.25. The van der Waals surface area contributed by atoms with E-state index in [0.29, 0.717) is 35.1 Å². The van der Waals surface area contributed by atoms with Crippen LogP contribution in [0.4, 0.5) is 5.82 Å². The van der Waals surface area contributed by atoms with Crippen LogP contribution in [0, 0.1) is 11.3 Å². The van der Waals surface area contributed by atoms with Crippen molar-refractivity contribution >= 4 is 23.3 Å². The molecule has 1 amide bonds. The van der Waals surface area contributed by atoms with E-state index in [1.807, 2.05) is 11.0 Å². The van der Waals surface area contributed by atoms with Gasteiger partial charge in [0.05, 0.1) is 22.8 Å². The molecule has 1 atom stereocenters. The summed E-state index contributed by atoms with van der Waals surface area (Å²) >= 11 is 6.06. The molecule has 1 aromatic heterocycles. The zero-order chi connectivity index (χ0) is 21.8. The van der Waals surface area contributed by atoms with E-state index in [9.17, 15) is 9.90 Å². The van der Waals surface area contributed by atoms with E-state index in [1.165, 1.54) is 0 Å². The zero-order valence-corrected chi connectivity index (χ0v) is 17.8. The summed E-state index contributed by atoms with van der Waals surface area (Å²) in [5, 5.41) is 30.2. The van der Waals surface area contributed by atoms with Crippen LogP contribution in [0.15, 0.2) is 30.3 Å². The number of anilines is 1. The molecule has 0 unspecified atom stereocenters. The van der Waals surface area contributed by atoms with E-state index < -0.39 is 0 Å². The molecular weight excluding hydrogens is 418 g/mol. The highest BCUT2D eigenvalue weighted by atomic mass is 35.5. The second-order valence-corrected chi connectivity index (χ2v) is 8.39. The van der Waals surface area contributed by atoms with Crippen LogP contribution < -0.4 is 15.0 Å². The van der Waals surface area contributed by atoms with Crippen LogP contribution in [0.25, 0.3) is 0 Å². The van der Waals surface area contributed by atoms with Crippen molar-refractivity contribution in [2.75, 3.05) is 18.0 Å². The number of aliphatic hydroxyl groups is 1. The number of carbonyl (C=O) groups is 1. The summed E-state index contributed by atoms with van der Waals surface area (Å²) in [6.07, 6.45) is 3.66. The van der Waals surface area contributed by atoms with E-state index in [-0.39, 0.29) is 29.9 Å². The van der Waals surface area contributed by atoms with Crippen LogP contribution in [-0.4, -0.2) is 52.6 Å². The number of halogens is 1. The number of nitrogens with one attached hydrogen (secondary N) is 1. The first-order chi connectivity index (χ1) is 15.0. The van der Waals surface area contributed by atoms with Gasteiger partial charge in [0, 0.05) is 25.2 Å². The van der Waals surface area contributed by atoms with Gasteiger partial charge in [-0.05, 0) is 56.4 Å². The number of β-amino-alcohol motifs (C(OH)–C–C–N with tert-alkyl or cyclic N) is 1. The Labute approximate surface area is 185 Å². The molecule has 0 radical (unpaired) electrons. The van der Waals surface area contributed by atoms with Gasteiger partial charge in [0.15, 0.2) is 11.5 Å². The molecule has 8 nitrogen and oxygen atoms in total. The van der Waals surface area contributed by atoms with Crippen LogP contribution in [0.1, 0.15) is 48.2 Å². The van der Waals surface area contributed by atoms with Crippen LogP contribution >= 0.6 is 11.6 Å². The molecule has 1 saturated carbocycles. The maximum absolute atomic E-state index is 12.5. The van der Waals surface area contributed by atoms with Crippen molar-refractivity contribution in [2.24, 2.45) is 0 Å². The Morgan fingerprint density at radius 2 is 2.00 bits per heavy atom. The lowest BCUT2D eigenvalue weighted by Crippen LogP contribution is -2.40. The van der Waals surface area contributed by atoms with Crippen molar-refractivity contribution < 1.29 is 14.6 Å². The molecule has 4 rings (SSSR count). The number of nitrogens with zero attached hydrogens (tertiary/aromatic N) is 4. The Morgan fingerprint density at radius 1 is 1.19 bits per heavy atom. The molecule has 0 bridgehead atoms. The number of amides is 1. The molecule has 2 aliphatic rings. The Bertz CT molecular complexity index is 970. The number of hydrogen-bond donors (Lipinski definition) is 2.